The molecule has 0 saturated carbocycles. The van der Waals surface area contributed by atoms with Gasteiger partial charge in [-0.15, -0.1) is 0 Å². The standard InChI is InChI=1S/C20H20N6O2/c1-5-21-7-3-11-25-15-17-27-19-20-28-18-16-26-12-4-8-22-6-2-10-24-14-13-23-9-1/h1-20H. The molecule has 0 radical (unpaired) electrons. The van der Waals surface area contributed by atoms with Gasteiger partial charge in [-0.05, 0) is 24.3 Å². The summed E-state index contributed by atoms with van der Waals surface area (Å²) in [6.45, 7) is 0. The van der Waals surface area contributed by atoms with Gasteiger partial charge in [-0.3, -0.25) is 29.9 Å². The average molecular weight is 376 g/mol. The van der Waals surface area contributed by atoms with Crippen LogP contribution >= 0.6 is 0 Å². The van der Waals surface area contributed by atoms with Crippen LogP contribution in [0.1, 0.15) is 0 Å². The number of aromatic nitrogens is 6. The summed E-state index contributed by atoms with van der Waals surface area (Å²) in [6, 6.07) is 6.73. The fraction of sp³-hybridized carbons (Fsp3) is 0. The van der Waals surface area contributed by atoms with E-state index in [2.05, 4.69) is 29.9 Å². The minimum Gasteiger partial charge on any atom is -0.468 e. The molecule has 8 heteroatoms. The predicted molar refractivity (Wildman–Crippen MR) is 104 cm³/mol. The van der Waals surface area contributed by atoms with Gasteiger partial charge in [-0.1, -0.05) is 0 Å². The molecule has 0 unspecified atom stereocenters. The first-order valence-corrected chi connectivity index (χ1v) is 8.04. The summed E-state index contributed by atoms with van der Waals surface area (Å²) in [5, 5.41) is 0. The van der Waals surface area contributed by atoms with Gasteiger partial charge in [0, 0.05) is 62.0 Å². The smallest absolute Gasteiger partial charge is 0.125 e. The largest absolute Gasteiger partial charge is 0.468 e. The van der Waals surface area contributed by atoms with Gasteiger partial charge >= 0.3 is 0 Å². The van der Waals surface area contributed by atoms with E-state index in [1.54, 1.807) is 86.2 Å². The molecule has 0 bridgehead atoms. The molecule has 0 aliphatic carbocycles. The van der Waals surface area contributed by atoms with Crippen LogP contribution in [-0.2, 0) is 0 Å². The van der Waals surface area contributed by atoms with Crippen LogP contribution in [0, 0.1) is 0 Å². The van der Waals surface area contributed by atoms with Gasteiger partial charge < -0.3 is 8.83 Å². The van der Waals surface area contributed by atoms with E-state index in [9.17, 15) is 0 Å². The molecule has 8 nitrogen and oxygen atoms in total. The van der Waals surface area contributed by atoms with E-state index in [4.69, 9.17) is 8.83 Å². The summed E-state index contributed by atoms with van der Waals surface area (Å²) < 4.78 is 10.0. The highest BCUT2D eigenvalue weighted by Crippen LogP contribution is 1.75. The second kappa shape index (κ2) is 19.1. The Kier molecular flexibility index (Phi) is 14.9. The molecule has 1 rings (SSSR count). The average Bonchev–Trinajstić information content (AvgIpc) is 2.71. The van der Waals surface area contributed by atoms with Crippen molar-refractivity contribution in [3.05, 3.63) is 124 Å². The molecule has 0 aromatic carbocycles. The predicted octanol–water partition coefficient (Wildman–Crippen LogP) is 3.99. The van der Waals surface area contributed by atoms with Gasteiger partial charge in [0.15, 0.2) is 0 Å². The molecule has 142 valence electrons. The molecule has 0 atom stereocenters. The Labute approximate surface area is 163 Å². The molecular weight excluding hydrogens is 356 g/mol. The maximum Gasteiger partial charge on any atom is 0.125 e. The van der Waals surface area contributed by atoms with Crippen LogP contribution in [0.4, 0.5) is 0 Å². The molecule has 0 amide bonds. The van der Waals surface area contributed by atoms with E-state index in [-0.39, 0.29) is 0 Å². The fourth-order valence-corrected chi connectivity index (χ4v) is 1.22. The normalized spacial score (nSPS) is 8.00. The number of nitrogens with zero attached hydrogens (tertiary/aromatic N) is 6. The van der Waals surface area contributed by atoms with Crippen LogP contribution < -0.4 is 0 Å². The lowest BCUT2D eigenvalue weighted by Gasteiger charge is -1.71. The first-order chi connectivity index (χ1) is 14.0. The lowest BCUT2D eigenvalue weighted by Crippen LogP contribution is -1.62. The van der Waals surface area contributed by atoms with Crippen molar-refractivity contribution in [2.75, 3.05) is 0 Å². The highest BCUT2D eigenvalue weighted by Gasteiger charge is 1.61. The van der Waals surface area contributed by atoms with Crippen molar-refractivity contribution >= 4 is 0 Å². The Hall–Kier alpha value is -4.20. The van der Waals surface area contributed by atoms with Crippen molar-refractivity contribution in [1.82, 2.24) is 29.9 Å². The molecule has 1 heterocycles. The van der Waals surface area contributed by atoms with Gasteiger partial charge in [-0.2, -0.15) is 0 Å². The van der Waals surface area contributed by atoms with Crippen LogP contribution in [0.25, 0.3) is 0 Å². The molecule has 1 aromatic rings. The minimum atomic E-state index is 1.36. The Morgan fingerprint density at radius 3 is 0.929 bits per heavy atom. The Morgan fingerprint density at radius 1 is 0.286 bits per heavy atom. The summed E-state index contributed by atoms with van der Waals surface area (Å²) in [5.41, 5.74) is 0. The maximum absolute atomic E-state index is 5.02. The molecule has 0 aliphatic rings. The van der Waals surface area contributed by atoms with Crippen molar-refractivity contribution in [1.29, 1.82) is 0 Å². The van der Waals surface area contributed by atoms with Crippen molar-refractivity contribution in [2.45, 2.75) is 0 Å². The summed E-state index contributed by atoms with van der Waals surface area (Å²) in [4.78, 5) is 23.9. The van der Waals surface area contributed by atoms with Crippen LogP contribution in [0.3, 0.4) is 0 Å². The zero-order valence-electron chi connectivity index (χ0n) is 15.0. The first kappa shape index (κ1) is 21.8. The van der Waals surface area contributed by atoms with Crippen LogP contribution in [-0.4, -0.2) is 29.9 Å². The SMILES string of the molecule is c1cncccnccoccoccncccncccnccnc1. The third kappa shape index (κ3) is 16.7. The molecule has 0 fully saturated rings. The lowest BCUT2D eigenvalue weighted by molar-refractivity contribution is 0.495. The van der Waals surface area contributed by atoms with E-state index < -0.39 is 0 Å². The summed E-state index contributed by atoms with van der Waals surface area (Å²) >= 11 is 0. The minimum absolute atomic E-state index is 1.36. The number of hydrogen-bond acceptors (Lipinski definition) is 8. The van der Waals surface area contributed by atoms with Gasteiger partial charge in [0.2, 0.25) is 0 Å². The second-order valence-electron chi connectivity index (χ2n) is 4.27. The van der Waals surface area contributed by atoms with Crippen molar-refractivity contribution in [2.24, 2.45) is 0 Å². The van der Waals surface area contributed by atoms with E-state index >= 15 is 0 Å². The Morgan fingerprint density at radius 2 is 0.571 bits per heavy atom. The summed E-state index contributed by atoms with van der Waals surface area (Å²) in [6.07, 6.45) is 24.3. The fourth-order valence-electron chi connectivity index (χ4n) is 1.22. The van der Waals surface area contributed by atoms with Crippen molar-refractivity contribution in [3.63, 3.8) is 0 Å². The first-order valence-electron chi connectivity index (χ1n) is 8.04. The molecule has 0 spiro atoms. The van der Waals surface area contributed by atoms with Gasteiger partial charge in [0.25, 0.3) is 0 Å². The van der Waals surface area contributed by atoms with Crippen LogP contribution in [0.5, 0.6) is 0 Å². The number of rotatable bonds is 0. The third-order valence-electron chi connectivity index (χ3n) is 2.28. The molecule has 0 N–H and O–H groups in total. The molecule has 0 aliphatic heterocycles. The highest BCUT2D eigenvalue weighted by molar-refractivity contribution is 4.79. The topological polar surface area (TPSA) is 104 Å². The monoisotopic (exact) mass is 376 g/mol. The van der Waals surface area contributed by atoms with E-state index in [1.165, 1.54) is 37.4 Å². The second-order valence-corrected chi connectivity index (χ2v) is 4.27. The summed E-state index contributed by atoms with van der Waals surface area (Å²) in [5.74, 6) is 0. The summed E-state index contributed by atoms with van der Waals surface area (Å²) in [7, 11) is 0. The Balaban J connectivity index is 3.00. The van der Waals surface area contributed by atoms with Gasteiger partial charge in [0.05, 0.1) is 12.4 Å². The van der Waals surface area contributed by atoms with Crippen molar-refractivity contribution in [3.8, 4) is 0 Å². The molecular formula is C20H20N6O2. The van der Waals surface area contributed by atoms with Gasteiger partial charge in [-0.25, -0.2) is 0 Å². The van der Waals surface area contributed by atoms with E-state index in [0.717, 1.165) is 0 Å². The number of hydrogen-bond donors (Lipinski definition) is 0. The van der Waals surface area contributed by atoms with Crippen LogP contribution in [0.15, 0.2) is 133 Å². The lowest BCUT2D eigenvalue weighted by atomic mass is 10.7. The highest BCUT2D eigenvalue weighted by atomic mass is 16.4. The Bertz CT molecular complexity index is 530. The van der Waals surface area contributed by atoms with E-state index in [0.29, 0.717) is 0 Å². The maximum atomic E-state index is 5.02. The quantitative estimate of drug-likeness (QED) is 0.669. The van der Waals surface area contributed by atoms with E-state index in [1.807, 2.05) is 0 Å². The zero-order chi connectivity index (χ0) is 19.8. The molecule has 1 aromatic heterocycles. The molecule has 0 saturated heterocycles. The third-order valence-corrected chi connectivity index (χ3v) is 2.28. The zero-order valence-corrected chi connectivity index (χ0v) is 15.0. The molecule has 28 heavy (non-hydrogen) atoms. The van der Waals surface area contributed by atoms with Crippen molar-refractivity contribution < 1.29 is 8.83 Å². The van der Waals surface area contributed by atoms with Gasteiger partial charge in [0.1, 0.15) is 25.1 Å². The van der Waals surface area contributed by atoms with Crippen LogP contribution in [0.2, 0.25) is 0 Å².